The van der Waals surface area contributed by atoms with E-state index in [1.165, 1.54) is 6.33 Å². The van der Waals surface area contributed by atoms with Crippen LogP contribution < -0.4 is 5.32 Å². The van der Waals surface area contributed by atoms with Gasteiger partial charge >= 0.3 is 0 Å². The second kappa shape index (κ2) is 8.46. The highest BCUT2D eigenvalue weighted by molar-refractivity contribution is 7.98. The first kappa shape index (κ1) is 17.2. The number of ether oxygens (including phenoxy) is 1. The van der Waals surface area contributed by atoms with Gasteiger partial charge in [-0.25, -0.2) is 4.98 Å². The molecule has 0 bridgehead atoms. The van der Waals surface area contributed by atoms with Crippen molar-refractivity contribution >= 4 is 23.4 Å². The van der Waals surface area contributed by atoms with Crippen LogP contribution in [0.15, 0.2) is 60.0 Å². The molecular formula is C18H18N4O2S. The van der Waals surface area contributed by atoms with Gasteiger partial charge in [0.15, 0.2) is 5.16 Å². The highest BCUT2D eigenvalue weighted by atomic mass is 32.2. The molecule has 128 valence electrons. The van der Waals surface area contributed by atoms with E-state index in [4.69, 9.17) is 4.74 Å². The van der Waals surface area contributed by atoms with Gasteiger partial charge in [0, 0.05) is 24.1 Å². The molecule has 0 aliphatic carbocycles. The molecule has 2 N–H and O–H groups in total. The molecule has 2 aromatic carbocycles. The molecule has 0 unspecified atom stereocenters. The van der Waals surface area contributed by atoms with E-state index in [0.29, 0.717) is 12.2 Å². The molecule has 3 aromatic rings. The zero-order chi connectivity index (χ0) is 17.5. The van der Waals surface area contributed by atoms with Gasteiger partial charge in [0.05, 0.1) is 6.61 Å². The minimum atomic E-state index is -0.135. The summed E-state index contributed by atoms with van der Waals surface area (Å²) in [4.78, 5) is 16.4. The van der Waals surface area contributed by atoms with E-state index in [2.05, 4.69) is 20.5 Å². The lowest BCUT2D eigenvalue weighted by Gasteiger charge is -2.08. The predicted octanol–water partition coefficient (Wildman–Crippen LogP) is 3.50. The monoisotopic (exact) mass is 354 g/mol. The van der Waals surface area contributed by atoms with E-state index < -0.39 is 0 Å². The number of aromatic amines is 1. The van der Waals surface area contributed by atoms with Crippen LogP contribution in [0, 0.1) is 0 Å². The van der Waals surface area contributed by atoms with Crippen molar-refractivity contribution in [2.24, 2.45) is 0 Å². The zero-order valence-electron chi connectivity index (χ0n) is 13.7. The van der Waals surface area contributed by atoms with Gasteiger partial charge in [-0.15, -0.1) is 0 Å². The second-order valence-corrected chi connectivity index (χ2v) is 6.33. The van der Waals surface area contributed by atoms with Crippen molar-refractivity contribution < 1.29 is 9.53 Å². The summed E-state index contributed by atoms with van der Waals surface area (Å²) < 4.78 is 5.11. The average molecular weight is 354 g/mol. The van der Waals surface area contributed by atoms with Crippen molar-refractivity contribution in [1.29, 1.82) is 0 Å². The predicted molar refractivity (Wildman–Crippen MR) is 97.5 cm³/mol. The molecular weight excluding hydrogens is 336 g/mol. The SMILES string of the molecule is COCc1cccc(NC(=O)c2ccc(CSc3ncn[nH]3)cc2)c1. The number of methoxy groups -OCH3 is 1. The van der Waals surface area contributed by atoms with Crippen LogP contribution in [-0.4, -0.2) is 28.2 Å². The van der Waals surface area contributed by atoms with Crippen molar-refractivity contribution in [3.63, 3.8) is 0 Å². The maximum Gasteiger partial charge on any atom is 0.255 e. The first-order valence-electron chi connectivity index (χ1n) is 7.71. The number of nitrogens with zero attached hydrogens (tertiary/aromatic N) is 2. The summed E-state index contributed by atoms with van der Waals surface area (Å²) in [6, 6.07) is 15.2. The lowest BCUT2D eigenvalue weighted by Crippen LogP contribution is -2.12. The summed E-state index contributed by atoms with van der Waals surface area (Å²) in [5.74, 6) is 0.625. The number of thioether (sulfide) groups is 1. The van der Waals surface area contributed by atoms with Crippen LogP contribution in [0.3, 0.4) is 0 Å². The van der Waals surface area contributed by atoms with Crippen molar-refractivity contribution in [2.75, 3.05) is 12.4 Å². The molecule has 0 radical (unpaired) electrons. The fraction of sp³-hybridized carbons (Fsp3) is 0.167. The number of hydrogen-bond acceptors (Lipinski definition) is 5. The van der Waals surface area contributed by atoms with Gasteiger partial charge in [-0.2, -0.15) is 5.10 Å². The molecule has 0 spiro atoms. The molecule has 3 rings (SSSR count). The Bertz CT molecular complexity index is 819. The quantitative estimate of drug-likeness (QED) is 0.635. The minimum Gasteiger partial charge on any atom is -0.380 e. The number of nitrogens with one attached hydrogen (secondary N) is 2. The molecule has 0 fully saturated rings. The molecule has 0 saturated heterocycles. The molecule has 0 atom stereocenters. The average Bonchev–Trinajstić information content (AvgIpc) is 3.14. The number of H-pyrrole nitrogens is 1. The molecule has 1 aromatic heterocycles. The number of carbonyl (C=O) groups is 1. The van der Waals surface area contributed by atoms with Crippen LogP contribution in [0.1, 0.15) is 21.5 Å². The Morgan fingerprint density at radius 1 is 1.20 bits per heavy atom. The summed E-state index contributed by atoms with van der Waals surface area (Å²) in [6.45, 7) is 0.515. The van der Waals surface area contributed by atoms with E-state index in [0.717, 1.165) is 27.7 Å². The third-order valence-corrected chi connectivity index (χ3v) is 4.43. The molecule has 25 heavy (non-hydrogen) atoms. The Labute approximate surface area is 150 Å². The highest BCUT2D eigenvalue weighted by Gasteiger charge is 2.07. The number of carbonyl (C=O) groups excluding carboxylic acids is 1. The van der Waals surface area contributed by atoms with Crippen LogP contribution in [0.25, 0.3) is 0 Å². The van der Waals surface area contributed by atoms with Crippen LogP contribution in [0.2, 0.25) is 0 Å². The Morgan fingerprint density at radius 2 is 2.04 bits per heavy atom. The highest BCUT2D eigenvalue weighted by Crippen LogP contribution is 2.19. The third kappa shape index (κ3) is 4.91. The maximum atomic E-state index is 12.4. The molecule has 1 amide bonds. The van der Waals surface area contributed by atoms with Gasteiger partial charge in [-0.1, -0.05) is 36.0 Å². The van der Waals surface area contributed by atoms with Gasteiger partial charge < -0.3 is 10.1 Å². The Balaban J connectivity index is 1.59. The van der Waals surface area contributed by atoms with Crippen molar-refractivity contribution in [3.05, 3.63) is 71.5 Å². The third-order valence-electron chi connectivity index (χ3n) is 3.48. The molecule has 1 heterocycles. The van der Waals surface area contributed by atoms with Crippen LogP contribution in [0.4, 0.5) is 5.69 Å². The summed E-state index contributed by atoms with van der Waals surface area (Å²) in [7, 11) is 1.65. The number of amides is 1. The molecule has 0 saturated carbocycles. The van der Waals surface area contributed by atoms with Gasteiger partial charge in [0.1, 0.15) is 6.33 Å². The largest absolute Gasteiger partial charge is 0.380 e. The zero-order valence-corrected chi connectivity index (χ0v) is 14.5. The van der Waals surface area contributed by atoms with Crippen molar-refractivity contribution in [3.8, 4) is 0 Å². The number of anilines is 1. The smallest absolute Gasteiger partial charge is 0.255 e. The van der Waals surface area contributed by atoms with Gasteiger partial charge in [0.25, 0.3) is 5.91 Å². The fourth-order valence-electron chi connectivity index (χ4n) is 2.28. The van der Waals surface area contributed by atoms with Gasteiger partial charge in [-0.05, 0) is 35.4 Å². The van der Waals surface area contributed by atoms with E-state index in [-0.39, 0.29) is 5.91 Å². The molecule has 6 nitrogen and oxygen atoms in total. The van der Waals surface area contributed by atoms with E-state index in [1.54, 1.807) is 18.9 Å². The Kier molecular flexibility index (Phi) is 5.81. The number of benzene rings is 2. The topological polar surface area (TPSA) is 79.9 Å². The van der Waals surface area contributed by atoms with Gasteiger partial charge in [0.2, 0.25) is 0 Å². The minimum absolute atomic E-state index is 0.135. The lowest BCUT2D eigenvalue weighted by atomic mass is 10.1. The van der Waals surface area contributed by atoms with E-state index in [9.17, 15) is 4.79 Å². The number of rotatable bonds is 7. The molecule has 7 heteroatoms. The number of hydrogen-bond donors (Lipinski definition) is 2. The Morgan fingerprint density at radius 3 is 2.76 bits per heavy atom. The summed E-state index contributed by atoms with van der Waals surface area (Å²) in [5.41, 5.74) is 3.50. The second-order valence-electron chi connectivity index (χ2n) is 5.36. The lowest BCUT2D eigenvalue weighted by molar-refractivity contribution is 0.102. The Hall–Kier alpha value is -2.64. The maximum absolute atomic E-state index is 12.4. The summed E-state index contributed by atoms with van der Waals surface area (Å²) in [5, 5.41) is 10.3. The van der Waals surface area contributed by atoms with Crippen LogP contribution >= 0.6 is 11.8 Å². The van der Waals surface area contributed by atoms with E-state index >= 15 is 0 Å². The first-order chi connectivity index (χ1) is 12.2. The normalized spacial score (nSPS) is 10.6. The van der Waals surface area contributed by atoms with Crippen molar-refractivity contribution in [1.82, 2.24) is 15.2 Å². The standard InChI is InChI=1S/C18H18N4O2S/c1-24-10-14-3-2-4-16(9-14)21-17(23)15-7-5-13(6-8-15)11-25-18-19-12-20-22-18/h2-9,12H,10-11H2,1H3,(H,21,23)(H,19,20,22). The summed E-state index contributed by atoms with van der Waals surface area (Å²) in [6.07, 6.45) is 1.48. The number of aromatic nitrogens is 3. The molecule has 0 aliphatic rings. The summed E-state index contributed by atoms with van der Waals surface area (Å²) >= 11 is 1.56. The van der Waals surface area contributed by atoms with Gasteiger partial charge in [-0.3, -0.25) is 9.89 Å². The van der Waals surface area contributed by atoms with E-state index in [1.807, 2.05) is 48.5 Å². The van der Waals surface area contributed by atoms with Crippen LogP contribution in [0.5, 0.6) is 0 Å². The molecule has 0 aliphatic heterocycles. The first-order valence-corrected chi connectivity index (χ1v) is 8.69. The van der Waals surface area contributed by atoms with Crippen molar-refractivity contribution in [2.45, 2.75) is 17.5 Å². The van der Waals surface area contributed by atoms with Crippen LogP contribution in [-0.2, 0) is 17.1 Å². The fourth-order valence-corrected chi connectivity index (χ4v) is 3.01.